The van der Waals surface area contributed by atoms with E-state index in [1.54, 1.807) is 0 Å². The molecule has 1 saturated carbocycles. The van der Waals surface area contributed by atoms with E-state index in [1.165, 1.54) is 25.7 Å². The normalized spacial score (nSPS) is 29.4. The maximum absolute atomic E-state index is 5.97. The Morgan fingerprint density at radius 2 is 2.05 bits per heavy atom. The largest absolute Gasteiger partial charge is 0.486 e. The molecule has 1 aliphatic carbocycles. The van der Waals surface area contributed by atoms with E-state index in [9.17, 15) is 0 Å². The fourth-order valence-corrected chi connectivity index (χ4v) is 3.24. The van der Waals surface area contributed by atoms with E-state index in [0.717, 1.165) is 24.0 Å². The lowest BCUT2D eigenvalue weighted by Crippen LogP contribution is -2.43. The molecule has 0 amide bonds. The lowest BCUT2D eigenvalue weighted by Gasteiger charge is -2.28. The van der Waals surface area contributed by atoms with Crippen molar-refractivity contribution in [3.8, 4) is 11.5 Å². The maximum atomic E-state index is 5.97. The van der Waals surface area contributed by atoms with Gasteiger partial charge in [-0.2, -0.15) is 0 Å². The van der Waals surface area contributed by atoms with E-state index in [4.69, 9.17) is 9.47 Å². The first-order chi connectivity index (χ1) is 9.36. The Bertz CT molecular complexity index is 421. The molecule has 0 spiro atoms. The number of para-hydroxylation sites is 2. The van der Waals surface area contributed by atoms with Crippen LogP contribution in [-0.2, 0) is 0 Å². The lowest BCUT2D eigenvalue weighted by molar-refractivity contribution is 0.0868. The summed E-state index contributed by atoms with van der Waals surface area (Å²) in [7, 11) is 0. The zero-order chi connectivity index (χ0) is 13.1. The van der Waals surface area contributed by atoms with Crippen LogP contribution in [0.5, 0.6) is 11.5 Å². The molecule has 1 heterocycles. The molecule has 1 aromatic carbocycles. The molecular formula is C16H23NO2. The standard InChI is InChI=1S/C16H23NO2/c1-2-12-6-5-7-14(12)17-10-13-11-18-15-8-3-4-9-16(15)19-13/h3-4,8-9,12-14,17H,2,5-7,10-11H2,1H3. The van der Waals surface area contributed by atoms with Crippen LogP contribution in [0.1, 0.15) is 32.6 Å². The van der Waals surface area contributed by atoms with Crippen LogP contribution >= 0.6 is 0 Å². The molecule has 1 aliphatic heterocycles. The number of fused-ring (bicyclic) bond motifs is 1. The van der Waals surface area contributed by atoms with Crippen molar-refractivity contribution in [2.24, 2.45) is 5.92 Å². The summed E-state index contributed by atoms with van der Waals surface area (Å²) in [5.41, 5.74) is 0. The van der Waals surface area contributed by atoms with Crippen LogP contribution in [0.3, 0.4) is 0 Å². The molecule has 0 aromatic heterocycles. The fourth-order valence-electron chi connectivity index (χ4n) is 3.24. The van der Waals surface area contributed by atoms with Gasteiger partial charge >= 0.3 is 0 Å². The van der Waals surface area contributed by atoms with Gasteiger partial charge in [-0.1, -0.05) is 31.9 Å². The lowest BCUT2D eigenvalue weighted by atomic mass is 10.0. The average molecular weight is 261 g/mol. The molecule has 1 aromatic rings. The molecule has 2 aliphatic rings. The zero-order valence-electron chi connectivity index (χ0n) is 11.6. The molecule has 3 heteroatoms. The fraction of sp³-hybridized carbons (Fsp3) is 0.625. The Morgan fingerprint density at radius 3 is 2.89 bits per heavy atom. The topological polar surface area (TPSA) is 30.5 Å². The van der Waals surface area contributed by atoms with Crippen molar-refractivity contribution in [1.82, 2.24) is 5.32 Å². The molecule has 0 saturated heterocycles. The van der Waals surface area contributed by atoms with Crippen LogP contribution in [-0.4, -0.2) is 25.3 Å². The molecule has 0 radical (unpaired) electrons. The molecule has 3 nitrogen and oxygen atoms in total. The Hall–Kier alpha value is -1.22. The van der Waals surface area contributed by atoms with Gasteiger partial charge in [-0.25, -0.2) is 0 Å². The van der Waals surface area contributed by atoms with Crippen molar-refractivity contribution >= 4 is 0 Å². The van der Waals surface area contributed by atoms with Crippen molar-refractivity contribution in [3.63, 3.8) is 0 Å². The smallest absolute Gasteiger partial charge is 0.161 e. The van der Waals surface area contributed by atoms with Crippen molar-refractivity contribution < 1.29 is 9.47 Å². The van der Waals surface area contributed by atoms with Gasteiger partial charge < -0.3 is 14.8 Å². The highest BCUT2D eigenvalue weighted by molar-refractivity contribution is 5.40. The summed E-state index contributed by atoms with van der Waals surface area (Å²) in [6, 6.07) is 8.58. The Balaban J connectivity index is 1.52. The second-order valence-corrected chi connectivity index (χ2v) is 5.61. The second-order valence-electron chi connectivity index (χ2n) is 5.61. The maximum Gasteiger partial charge on any atom is 0.161 e. The summed E-state index contributed by atoms with van der Waals surface area (Å²) in [5.74, 6) is 2.59. The van der Waals surface area contributed by atoms with Gasteiger partial charge in [-0.05, 0) is 30.9 Å². The third-order valence-corrected chi connectivity index (χ3v) is 4.36. The molecule has 104 valence electrons. The van der Waals surface area contributed by atoms with Crippen molar-refractivity contribution in [2.75, 3.05) is 13.2 Å². The number of benzene rings is 1. The third kappa shape index (κ3) is 2.86. The van der Waals surface area contributed by atoms with Crippen molar-refractivity contribution in [1.29, 1.82) is 0 Å². The van der Waals surface area contributed by atoms with Crippen LogP contribution in [0.15, 0.2) is 24.3 Å². The third-order valence-electron chi connectivity index (χ3n) is 4.36. The van der Waals surface area contributed by atoms with Crippen LogP contribution in [0.2, 0.25) is 0 Å². The number of hydrogen-bond acceptors (Lipinski definition) is 3. The van der Waals surface area contributed by atoms with Gasteiger partial charge in [0.25, 0.3) is 0 Å². The summed E-state index contributed by atoms with van der Waals surface area (Å²) < 4.78 is 11.7. The van der Waals surface area contributed by atoms with Crippen LogP contribution < -0.4 is 14.8 Å². The minimum absolute atomic E-state index is 0.132. The molecule has 0 bridgehead atoms. The van der Waals surface area contributed by atoms with E-state index in [1.807, 2.05) is 24.3 Å². The van der Waals surface area contributed by atoms with Gasteiger partial charge in [0, 0.05) is 12.6 Å². The van der Waals surface area contributed by atoms with Gasteiger partial charge in [0.05, 0.1) is 0 Å². The van der Waals surface area contributed by atoms with E-state index >= 15 is 0 Å². The monoisotopic (exact) mass is 261 g/mol. The number of hydrogen-bond donors (Lipinski definition) is 1. The summed E-state index contributed by atoms with van der Waals surface area (Å²) in [4.78, 5) is 0. The highest BCUT2D eigenvalue weighted by Gasteiger charge is 2.27. The predicted octanol–water partition coefficient (Wildman–Crippen LogP) is 2.99. The highest BCUT2D eigenvalue weighted by atomic mass is 16.6. The molecule has 3 rings (SSSR count). The van der Waals surface area contributed by atoms with Crippen LogP contribution in [0.4, 0.5) is 0 Å². The van der Waals surface area contributed by atoms with Gasteiger partial charge in [-0.3, -0.25) is 0 Å². The van der Waals surface area contributed by atoms with E-state index in [2.05, 4.69) is 12.2 Å². The first kappa shape index (κ1) is 12.8. The summed E-state index contributed by atoms with van der Waals surface area (Å²) >= 11 is 0. The Labute approximate surface area is 115 Å². The molecule has 19 heavy (non-hydrogen) atoms. The van der Waals surface area contributed by atoms with Crippen LogP contribution in [0, 0.1) is 5.92 Å². The van der Waals surface area contributed by atoms with Gasteiger partial charge in [0.15, 0.2) is 11.5 Å². The summed E-state index contributed by atoms with van der Waals surface area (Å²) in [6.07, 6.45) is 5.46. The summed E-state index contributed by atoms with van der Waals surface area (Å²) in [5, 5.41) is 3.68. The first-order valence-electron chi connectivity index (χ1n) is 7.48. The highest BCUT2D eigenvalue weighted by Crippen LogP contribution is 2.31. The van der Waals surface area contributed by atoms with Gasteiger partial charge in [0.1, 0.15) is 12.7 Å². The van der Waals surface area contributed by atoms with Crippen molar-refractivity contribution in [3.05, 3.63) is 24.3 Å². The minimum atomic E-state index is 0.132. The quantitative estimate of drug-likeness (QED) is 0.904. The molecule has 1 fully saturated rings. The van der Waals surface area contributed by atoms with E-state index < -0.39 is 0 Å². The molecule has 3 atom stereocenters. The number of rotatable bonds is 4. The minimum Gasteiger partial charge on any atom is -0.486 e. The zero-order valence-corrected chi connectivity index (χ0v) is 11.6. The molecular weight excluding hydrogens is 238 g/mol. The SMILES string of the molecule is CCC1CCCC1NCC1COc2ccccc2O1. The summed E-state index contributed by atoms with van der Waals surface area (Å²) in [6.45, 7) is 3.82. The van der Waals surface area contributed by atoms with Crippen LogP contribution in [0.25, 0.3) is 0 Å². The van der Waals surface area contributed by atoms with Crippen molar-refractivity contribution in [2.45, 2.75) is 44.8 Å². The number of ether oxygens (including phenoxy) is 2. The second kappa shape index (κ2) is 5.83. The van der Waals surface area contributed by atoms with Gasteiger partial charge in [0.2, 0.25) is 0 Å². The molecule has 1 N–H and O–H groups in total. The van der Waals surface area contributed by atoms with E-state index in [0.29, 0.717) is 12.6 Å². The number of nitrogens with one attached hydrogen (secondary N) is 1. The Morgan fingerprint density at radius 1 is 1.21 bits per heavy atom. The van der Waals surface area contributed by atoms with Gasteiger partial charge in [-0.15, -0.1) is 0 Å². The predicted molar refractivity (Wildman–Crippen MR) is 75.8 cm³/mol. The Kier molecular flexibility index (Phi) is 3.92. The molecule has 3 unspecified atom stereocenters. The first-order valence-corrected chi connectivity index (χ1v) is 7.48. The average Bonchev–Trinajstić information content (AvgIpc) is 2.92. The van der Waals surface area contributed by atoms with E-state index in [-0.39, 0.29) is 6.10 Å².